The second-order valence-electron chi connectivity index (χ2n) is 3.18. The smallest absolute Gasteiger partial charge is 0.160 e. The number of aliphatic imine (C=N–C) groups is 2. The van der Waals surface area contributed by atoms with Gasteiger partial charge in [0.2, 0.25) is 0 Å². The van der Waals surface area contributed by atoms with Gasteiger partial charge in [-0.3, -0.25) is 0 Å². The molecular weight excluding hydrogens is 322 g/mol. The van der Waals surface area contributed by atoms with E-state index in [1.54, 1.807) is 13.8 Å². The zero-order valence-electron chi connectivity index (χ0n) is 10.1. The van der Waals surface area contributed by atoms with Crippen molar-refractivity contribution in [2.24, 2.45) is 26.6 Å². The molecule has 0 aliphatic carbocycles. The average Bonchev–Trinajstić information content (AvgIpc) is 2.29. The number of rotatable bonds is 2. The summed E-state index contributed by atoms with van der Waals surface area (Å²) in [5, 5.41) is 12.1. The first-order chi connectivity index (χ1) is 8.70. The molecule has 0 fully saturated rings. The Kier molecular flexibility index (Phi) is 7.52. The molecule has 0 amide bonds. The van der Waals surface area contributed by atoms with Crippen molar-refractivity contribution in [3.63, 3.8) is 0 Å². The molecule has 0 heterocycles. The van der Waals surface area contributed by atoms with Crippen LogP contribution in [0.5, 0.6) is 0 Å². The number of hydrogen-bond donors (Lipinski definition) is 3. The van der Waals surface area contributed by atoms with E-state index >= 15 is 0 Å². The van der Waals surface area contributed by atoms with Crippen molar-refractivity contribution < 1.29 is 5.21 Å². The summed E-state index contributed by atoms with van der Waals surface area (Å²) in [6.45, 7) is 3.12. The van der Waals surface area contributed by atoms with Gasteiger partial charge in [0.25, 0.3) is 0 Å². The first kappa shape index (κ1) is 17.8. The molecule has 0 atom stereocenters. The van der Waals surface area contributed by atoms with Crippen molar-refractivity contribution in [2.45, 2.75) is 13.8 Å². The monoisotopic (exact) mass is 333 g/mol. The fourth-order valence-corrected chi connectivity index (χ4v) is 1.29. The van der Waals surface area contributed by atoms with Gasteiger partial charge in [-0.2, -0.15) is 0 Å². The highest BCUT2D eigenvalue weighted by Crippen LogP contribution is 1.95. The van der Waals surface area contributed by atoms with Crippen molar-refractivity contribution in [1.82, 2.24) is 0 Å². The molecule has 5 N–H and O–H groups in total. The SMILES string of the molecule is CC(=NC(=S)C(N)=S)C(=NO)C(C)=NC(=S)C(N)=S. The summed E-state index contributed by atoms with van der Waals surface area (Å²) in [6, 6.07) is 0. The molecule has 0 saturated carbocycles. The Bertz CT molecular complexity index is 491. The van der Waals surface area contributed by atoms with Gasteiger partial charge in [0.05, 0.1) is 11.4 Å². The van der Waals surface area contributed by atoms with E-state index in [-0.39, 0.29) is 37.1 Å². The summed E-state index contributed by atoms with van der Waals surface area (Å²) in [7, 11) is 0. The maximum absolute atomic E-state index is 8.98. The van der Waals surface area contributed by atoms with Gasteiger partial charge in [-0.15, -0.1) is 0 Å². The largest absolute Gasteiger partial charge is 0.410 e. The maximum Gasteiger partial charge on any atom is 0.160 e. The number of oxime groups is 1. The third-order valence-electron chi connectivity index (χ3n) is 1.75. The summed E-state index contributed by atoms with van der Waals surface area (Å²) in [5.74, 6) is 0. The molecule has 6 nitrogen and oxygen atoms in total. The molecule has 0 aromatic rings. The third kappa shape index (κ3) is 5.96. The van der Waals surface area contributed by atoms with Crippen LogP contribution >= 0.6 is 48.9 Å². The number of nitrogens with zero attached hydrogens (tertiary/aromatic N) is 3. The Morgan fingerprint density at radius 1 is 0.842 bits per heavy atom. The summed E-state index contributed by atoms with van der Waals surface area (Å²) in [5.41, 5.74) is 11.3. The number of thiocarbonyl (C=S) groups is 4. The van der Waals surface area contributed by atoms with Crippen LogP contribution in [0.4, 0.5) is 0 Å². The molecule has 19 heavy (non-hydrogen) atoms. The van der Waals surface area contributed by atoms with Crippen LogP contribution in [0.15, 0.2) is 15.1 Å². The zero-order valence-corrected chi connectivity index (χ0v) is 13.3. The third-order valence-corrected chi connectivity index (χ3v) is 3.01. The highest BCUT2D eigenvalue weighted by molar-refractivity contribution is 7.89. The molecule has 10 heteroatoms. The van der Waals surface area contributed by atoms with E-state index in [9.17, 15) is 0 Å². The zero-order chi connectivity index (χ0) is 15.2. The first-order valence-corrected chi connectivity index (χ1v) is 6.34. The van der Waals surface area contributed by atoms with Gasteiger partial charge in [-0.05, 0) is 13.8 Å². The van der Waals surface area contributed by atoms with E-state index in [4.69, 9.17) is 41.1 Å². The summed E-state index contributed by atoms with van der Waals surface area (Å²) in [4.78, 5) is 7.84. The summed E-state index contributed by atoms with van der Waals surface area (Å²) in [6.07, 6.45) is 0. The van der Waals surface area contributed by atoms with Crippen molar-refractivity contribution in [2.75, 3.05) is 0 Å². The van der Waals surface area contributed by atoms with Gasteiger partial charge in [0, 0.05) is 0 Å². The van der Waals surface area contributed by atoms with Gasteiger partial charge >= 0.3 is 0 Å². The highest BCUT2D eigenvalue weighted by atomic mass is 32.1. The molecule has 0 aromatic carbocycles. The lowest BCUT2D eigenvalue weighted by atomic mass is 10.2. The van der Waals surface area contributed by atoms with Crippen molar-refractivity contribution in [1.29, 1.82) is 0 Å². The molecule has 0 saturated heterocycles. The van der Waals surface area contributed by atoms with Gasteiger partial charge in [0.15, 0.2) is 9.98 Å². The van der Waals surface area contributed by atoms with E-state index in [1.165, 1.54) is 0 Å². The van der Waals surface area contributed by atoms with Crippen molar-refractivity contribution in [3.8, 4) is 0 Å². The second kappa shape index (κ2) is 8.04. The minimum atomic E-state index is -0.0279. The number of nitrogens with two attached hydrogens (primary N) is 2. The Morgan fingerprint density at radius 2 is 1.16 bits per heavy atom. The van der Waals surface area contributed by atoms with Gasteiger partial charge < -0.3 is 16.7 Å². The lowest BCUT2D eigenvalue weighted by molar-refractivity contribution is 0.321. The predicted molar refractivity (Wildman–Crippen MR) is 94.2 cm³/mol. The molecule has 0 aromatic heterocycles. The molecule has 0 unspecified atom stereocenters. The Labute approximate surface area is 131 Å². The lowest BCUT2D eigenvalue weighted by Gasteiger charge is -2.04. The van der Waals surface area contributed by atoms with E-state index in [2.05, 4.69) is 39.6 Å². The van der Waals surface area contributed by atoms with Crippen molar-refractivity contribution in [3.05, 3.63) is 0 Å². The fourth-order valence-electron chi connectivity index (χ4n) is 0.927. The van der Waals surface area contributed by atoms with Crippen LogP contribution in [0, 0.1) is 0 Å². The normalized spacial score (nSPS) is 11.7. The molecule has 0 aliphatic heterocycles. The Hall–Kier alpha value is -1.23. The number of hydrogen-bond acceptors (Lipinski definition) is 6. The predicted octanol–water partition coefficient (Wildman–Crippen LogP) is 0.965. The van der Waals surface area contributed by atoms with Gasteiger partial charge in [0.1, 0.15) is 15.7 Å². The standard InChI is InChI=1S/C9H11N5OS4/c1-3(12-8(18)6(10)16)5(14-15)4(2)13-9(19)7(11)17/h15H,1-2H3,(H2,10,16)(H2,11,17). The van der Waals surface area contributed by atoms with Crippen molar-refractivity contribution >= 4 is 86.0 Å². The molecular formula is C9H11N5OS4. The first-order valence-electron chi connectivity index (χ1n) is 4.71. The average molecular weight is 333 g/mol. The highest BCUT2D eigenvalue weighted by Gasteiger charge is 2.12. The van der Waals surface area contributed by atoms with Crippen LogP contribution in [-0.2, 0) is 0 Å². The molecule has 102 valence electrons. The fraction of sp³-hybridized carbons (Fsp3) is 0.222. The van der Waals surface area contributed by atoms with E-state index in [0.29, 0.717) is 0 Å². The summed E-state index contributed by atoms with van der Waals surface area (Å²) < 4.78 is 0. The molecule has 0 aliphatic rings. The van der Waals surface area contributed by atoms with Crippen LogP contribution in [0.25, 0.3) is 0 Å². The van der Waals surface area contributed by atoms with E-state index in [0.717, 1.165) is 0 Å². The van der Waals surface area contributed by atoms with Gasteiger partial charge in [-0.1, -0.05) is 54.0 Å². The molecule has 0 bridgehead atoms. The minimum absolute atomic E-state index is 0.0263. The van der Waals surface area contributed by atoms with Crippen LogP contribution in [0.3, 0.4) is 0 Å². The Morgan fingerprint density at radius 3 is 1.37 bits per heavy atom. The van der Waals surface area contributed by atoms with Gasteiger partial charge in [-0.25, -0.2) is 9.98 Å². The lowest BCUT2D eigenvalue weighted by Crippen LogP contribution is -2.26. The molecule has 0 radical (unpaired) electrons. The van der Waals surface area contributed by atoms with Crippen LogP contribution in [0.1, 0.15) is 13.8 Å². The Balaban J connectivity index is 5.36. The van der Waals surface area contributed by atoms with Crippen LogP contribution in [-0.4, -0.2) is 42.3 Å². The van der Waals surface area contributed by atoms with Crippen LogP contribution < -0.4 is 11.5 Å². The van der Waals surface area contributed by atoms with E-state index in [1.807, 2.05) is 0 Å². The second-order valence-corrected chi connectivity index (χ2v) is 4.83. The minimum Gasteiger partial charge on any atom is -0.410 e. The topological polar surface area (TPSA) is 109 Å². The summed E-state index contributed by atoms with van der Waals surface area (Å²) >= 11 is 19.0. The van der Waals surface area contributed by atoms with E-state index < -0.39 is 0 Å². The van der Waals surface area contributed by atoms with Crippen LogP contribution in [0.2, 0.25) is 0 Å². The molecule has 0 spiro atoms. The quantitative estimate of drug-likeness (QED) is 0.299. The molecule has 0 rings (SSSR count). The maximum atomic E-state index is 8.98.